The Morgan fingerprint density at radius 3 is 2.50 bits per heavy atom. The summed E-state index contributed by atoms with van der Waals surface area (Å²) in [6, 6.07) is 6.96. The van der Waals surface area contributed by atoms with Crippen LogP contribution in [0, 0.1) is 20.8 Å². The molecule has 0 radical (unpaired) electrons. The first-order chi connectivity index (χ1) is 9.38. The first kappa shape index (κ1) is 14.5. The average molecular weight is 336 g/mol. The smallest absolute Gasteiger partial charge is 0.336 e. The summed E-state index contributed by atoms with van der Waals surface area (Å²) in [6.07, 6.45) is 0. The lowest BCUT2D eigenvalue weighted by molar-refractivity contribution is 0.102. The van der Waals surface area contributed by atoms with Crippen molar-refractivity contribution < 1.29 is 9.21 Å². The van der Waals surface area contributed by atoms with E-state index in [0.717, 1.165) is 10.0 Å². The van der Waals surface area contributed by atoms with Gasteiger partial charge in [-0.25, -0.2) is 4.79 Å². The third kappa shape index (κ3) is 2.99. The topological polar surface area (TPSA) is 59.3 Å². The molecule has 20 heavy (non-hydrogen) atoms. The fourth-order valence-corrected chi connectivity index (χ4v) is 2.60. The van der Waals surface area contributed by atoms with Gasteiger partial charge in [-0.15, -0.1) is 0 Å². The van der Waals surface area contributed by atoms with E-state index in [9.17, 15) is 9.59 Å². The van der Waals surface area contributed by atoms with Crippen LogP contribution >= 0.6 is 15.9 Å². The molecule has 104 valence electrons. The molecule has 2 aromatic rings. The molecule has 0 atom stereocenters. The Morgan fingerprint density at radius 1 is 1.20 bits per heavy atom. The van der Waals surface area contributed by atoms with E-state index in [4.69, 9.17) is 4.42 Å². The molecular weight excluding hydrogens is 322 g/mol. The molecule has 1 aromatic heterocycles. The molecule has 1 amide bonds. The summed E-state index contributed by atoms with van der Waals surface area (Å²) < 4.78 is 5.77. The third-order valence-corrected chi connectivity index (χ3v) is 3.59. The van der Waals surface area contributed by atoms with E-state index in [2.05, 4.69) is 21.2 Å². The molecule has 0 aliphatic rings. The number of amides is 1. The molecule has 0 spiro atoms. The molecule has 0 saturated heterocycles. The first-order valence-corrected chi connectivity index (χ1v) is 6.86. The molecule has 5 heteroatoms. The van der Waals surface area contributed by atoms with Crippen LogP contribution in [-0.4, -0.2) is 5.91 Å². The highest BCUT2D eigenvalue weighted by Crippen LogP contribution is 2.24. The van der Waals surface area contributed by atoms with Gasteiger partial charge in [0.05, 0.1) is 11.3 Å². The van der Waals surface area contributed by atoms with E-state index in [1.165, 1.54) is 6.07 Å². The third-order valence-electron chi connectivity index (χ3n) is 2.93. The van der Waals surface area contributed by atoms with Crippen molar-refractivity contribution in [2.45, 2.75) is 20.8 Å². The molecule has 1 aromatic carbocycles. The Bertz CT molecular complexity index is 708. The van der Waals surface area contributed by atoms with Crippen molar-refractivity contribution in [2.75, 3.05) is 5.32 Å². The lowest BCUT2D eigenvalue weighted by atomic mass is 10.1. The molecular formula is C15H14BrNO3. The SMILES string of the molecule is Cc1ccc(NC(=O)c2c(C)cc(=O)oc2C)c(Br)c1. The average Bonchev–Trinajstić information content (AvgIpc) is 2.31. The van der Waals surface area contributed by atoms with Gasteiger partial charge in [-0.05, 0) is 60.0 Å². The zero-order chi connectivity index (χ0) is 14.9. The summed E-state index contributed by atoms with van der Waals surface area (Å²) in [5, 5.41) is 2.81. The zero-order valence-corrected chi connectivity index (χ0v) is 13.0. The Kier molecular flexibility index (Phi) is 4.09. The van der Waals surface area contributed by atoms with Gasteiger partial charge in [0.15, 0.2) is 0 Å². The van der Waals surface area contributed by atoms with E-state index >= 15 is 0 Å². The molecule has 1 N–H and O–H groups in total. The summed E-state index contributed by atoms with van der Waals surface area (Å²) in [5.41, 5.74) is 2.29. The second kappa shape index (κ2) is 5.63. The van der Waals surface area contributed by atoms with Crippen LogP contribution in [-0.2, 0) is 0 Å². The monoisotopic (exact) mass is 335 g/mol. The number of hydrogen-bond acceptors (Lipinski definition) is 3. The summed E-state index contributed by atoms with van der Waals surface area (Å²) in [6.45, 7) is 5.28. The second-order valence-electron chi connectivity index (χ2n) is 4.62. The predicted octanol–water partition coefficient (Wildman–Crippen LogP) is 3.58. The Morgan fingerprint density at radius 2 is 1.90 bits per heavy atom. The standard InChI is InChI=1S/C15H14BrNO3/c1-8-4-5-12(11(16)6-8)17-15(19)14-9(2)7-13(18)20-10(14)3/h4-7H,1-3H3,(H,17,19). The fourth-order valence-electron chi connectivity index (χ4n) is 2.00. The van der Waals surface area contributed by atoms with Crippen LogP contribution < -0.4 is 10.9 Å². The van der Waals surface area contributed by atoms with Gasteiger partial charge in [0.25, 0.3) is 5.91 Å². The number of halogens is 1. The van der Waals surface area contributed by atoms with Gasteiger partial charge < -0.3 is 9.73 Å². The van der Waals surface area contributed by atoms with Crippen LogP contribution in [0.5, 0.6) is 0 Å². The van der Waals surface area contributed by atoms with Crippen molar-refractivity contribution in [3.63, 3.8) is 0 Å². The maximum atomic E-state index is 12.3. The highest BCUT2D eigenvalue weighted by molar-refractivity contribution is 9.10. The van der Waals surface area contributed by atoms with Crippen LogP contribution in [0.3, 0.4) is 0 Å². The number of nitrogens with one attached hydrogen (secondary N) is 1. The van der Waals surface area contributed by atoms with Gasteiger partial charge >= 0.3 is 5.63 Å². The molecule has 2 rings (SSSR count). The van der Waals surface area contributed by atoms with Crippen molar-refractivity contribution in [3.8, 4) is 0 Å². The lowest BCUT2D eigenvalue weighted by Crippen LogP contribution is -2.17. The number of benzene rings is 1. The highest BCUT2D eigenvalue weighted by atomic mass is 79.9. The molecule has 1 heterocycles. The molecule has 0 aliphatic carbocycles. The highest BCUT2D eigenvalue weighted by Gasteiger charge is 2.16. The van der Waals surface area contributed by atoms with Gasteiger partial charge in [-0.2, -0.15) is 0 Å². The van der Waals surface area contributed by atoms with Crippen molar-refractivity contribution >= 4 is 27.5 Å². The summed E-state index contributed by atoms with van der Waals surface area (Å²) in [5.74, 6) is 0.0176. The maximum Gasteiger partial charge on any atom is 0.336 e. The van der Waals surface area contributed by atoms with Gasteiger partial charge in [-0.1, -0.05) is 6.07 Å². The minimum Gasteiger partial charge on any atom is -0.427 e. The number of carbonyl (C=O) groups excluding carboxylic acids is 1. The lowest BCUT2D eigenvalue weighted by Gasteiger charge is -2.10. The number of rotatable bonds is 2. The molecule has 0 unspecified atom stereocenters. The van der Waals surface area contributed by atoms with Gasteiger partial charge in [0.2, 0.25) is 0 Å². The van der Waals surface area contributed by atoms with Crippen LogP contribution in [0.1, 0.15) is 27.2 Å². The number of aryl methyl sites for hydroxylation is 3. The number of carbonyl (C=O) groups is 1. The van der Waals surface area contributed by atoms with E-state index in [-0.39, 0.29) is 5.91 Å². The van der Waals surface area contributed by atoms with Gasteiger partial charge in [0, 0.05) is 10.5 Å². The van der Waals surface area contributed by atoms with Crippen LogP contribution in [0.15, 0.2) is 37.9 Å². The van der Waals surface area contributed by atoms with Crippen molar-refractivity contribution in [1.29, 1.82) is 0 Å². The van der Waals surface area contributed by atoms with Crippen molar-refractivity contribution in [1.82, 2.24) is 0 Å². The zero-order valence-electron chi connectivity index (χ0n) is 11.4. The van der Waals surface area contributed by atoms with E-state index < -0.39 is 5.63 Å². The Hall–Kier alpha value is -1.88. The largest absolute Gasteiger partial charge is 0.427 e. The summed E-state index contributed by atoms with van der Waals surface area (Å²) >= 11 is 3.41. The molecule has 0 saturated carbocycles. The van der Waals surface area contributed by atoms with Crippen LogP contribution in [0.25, 0.3) is 0 Å². The number of anilines is 1. The maximum absolute atomic E-state index is 12.3. The fraction of sp³-hybridized carbons (Fsp3) is 0.200. The van der Waals surface area contributed by atoms with Crippen LogP contribution in [0.2, 0.25) is 0 Å². The summed E-state index contributed by atoms with van der Waals surface area (Å²) in [4.78, 5) is 23.5. The van der Waals surface area contributed by atoms with E-state index in [1.807, 2.05) is 25.1 Å². The van der Waals surface area contributed by atoms with Gasteiger partial charge in [0.1, 0.15) is 5.76 Å². The normalized spacial score (nSPS) is 10.4. The Labute approximate surface area is 124 Å². The Balaban J connectivity index is 2.36. The minimum absolute atomic E-state index is 0.298. The molecule has 0 fully saturated rings. The first-order valence-electron chi connectivity index (χ1n) is 6.07. The quantitative estimate of drug-likeness (QED) is 0.912. The minimum atomic E-state index is -0.451. The molecule has 0 aliphatic heterocycles. The van der Waals surface area contributed by atoms with E-state index in [0.29, 0.717) is 22.6 Å². The van der Waals surface area contributed by atoms with Crippen molar-refractivity contribution in [3.05, 3.63) is 61.6 Å². The van der Waals surface area contributed by atoms with Crippen molar-refractivity contribution in [2.24, 2.45) is 0 Å². The molecule has 0 bridgehead atoms. The van der Waals surface area contributed by atoms with Crippen LogP contribution in [0.4, 0.5) is 5.69 Å². The second-order valence-corrected chi connectivity index (χ2v) is 5.47. The van der Waals surface area contributed by atoms with Gasteiger partial charge in [-0.3, -0.25) is 4.79 Å². The number of hydrogen-bond donors (Lipinski definition) is 1. The predicted molar refractivity (Wildman–Crippen MR) is 81.3 cm³/mol. The molecule has 4 nitrogen and oxygen atoms in total. The van der Waals surface area contributed by atoms with E-state index in [1.54, 1.807) is 13.8 Å². The summed E-state index contributed by atoms with van der Waals surface area (Å²) in [7, 11) is 0.